The first-order valence-corrected chi connectivity index (χ1v) is 8.59. The van der Waals surface area contributed by atoms with E-state index in [0.717, 1.165) is 49.5 Å². The van der Waals surface area contributed by atoms with Gasteiger partial charge in [-0.15, -0.1) is 0 Å². The second kappa shape index (κ2) is 7.70. The van der Waals surface area contributed by atoms with Crippen LogP contribution in [0.1, 0.15) is 18.5 Å². The number of nitrogens with zero attached hydrogens (tertiary/aromatic N) is 3. The van der Waals surface area contributed by atoms with Crippen LogP contribution in [0.25, 0.3) is 11.5 Å². The number of likely N-dealkylation sites (tertiary alicyclic amines) is 1. The number of aromatic nitrogens is 1. The van der Waals surface area contributed by atoms with E-state index in [1.165, 1.54) is 0 Å². The van der Waals surface area contributed by atoms with Crippen LogP contribution in [-0.2, 0) is 11.3 Å². The summed E-state index contributed by atoms with van der Waals surface area (Å²) in [6, 6.07) is 7.66. The Morgan fingerprint density at radius 1 is 1.28 bits per heavy atom. The third-order valence-corrected chi connectivity index (χ3v) is 4.65. The van der Waals surface area contributed by atoms with Gasteiger partial charge in [0.2, 0.25) is 11.8 Å². The van der Waals surface area contributed by atoms with Crippen LogP contribution < -0.4 is 4.74 Å². The Kier molecular flexibility index (Phi) is 5.38. The number of piperidine rings is 1. The second-order valence-electron chi connectivity index (χ2n) is 6.66. The summed E-state index contributed by atoms with van der Waals surface area (Å²) in [6.07, 6.45) is 3.52. The summed E-state index contributed by atoms with van der Waals surface area (Å²) < 4.78 is 10.8. The lowest BCUT2D eigenvalue weighted by atomic mass is 9.95. The first kappa shape index (κ1) is 17.5. The molecule has 2 heterocycles. The molecular formula is C19H25N3O3. The molecule has 1 aromatic carbocycles. The highest BCUT2D eigenvalue weighted by Gasteiger charge is 2.26. The van der Waals surface area contributed by atoms with Crippen LogP contribution in [0.5, 0.6) is 5.75 Å². The summed E-state index contributed by atoms with van der Waals surface area (Å²) >= 11 is 0. The zero-order chi connectivity index (χ0) is 17.8. The smallest absolute Gasteiger partial charge is 0.226 e. The first-order chi connectivity index (χ1) is 12.1. The SMILES string of the molecule is COc1ccc(-c2nc(CN3CCC(C(=O)N(C)C)CC3)co2)cc1. The van der Waals surface area contributed by atoms with E-state index in [4.69, 9.17) is 9.15 Å². The molecule has 6 heteroatoms. The number of carbonyl (C=O) groups excluding carboxylic acids is 1. The lowest BCUT2D eigenvalue weighted by Crippen LogP contribution is -2.39. The highest BCUT2D eigenvalue weighted by atomic mass is 16.5. The Balaban J connectivity index is 1.56. The van der Waals surface area contributed by atoms with E-state index in [1.54, 1.807) is 18.3 Å². The Labute approximate surface area is 148 Å². The number of hydrogen-bond acceptors (Lipinski definition) is 5. The highest BCUT2D eigenvalue weighted by Crippen LogP contribution is 2.24. The van der Waals surface area contributed by atoms with E-state index in [1.807, 2.05) is 38.4 Å². The van der Waals surface area contributed by atoms with E-state index in [9.17, 15) is 4.79 Å². The number of ether oxygens (including phenoxy) is 1. The standard InChI is InChI=1S/C19H25N3O3/c1-21(2)19(23)15-8-10-22(11-9-15)12-16-13-25-18(20-16)14-4-6-17(24-3)7-5-14/h4-7,13,15H,8-12H2,1-3H3. The molecule has 1 fully saturated rings. The Hall–Kier alpha value is -2.34. The lowest BCUT2D eigenvalue weighted by Gasteiger charge is -2.31. The van der Waals surface area contributed by atoms with Crippen molar-refractivity contribution in [1.29, 1.82) is 0 Å². The van der Waals surface area contributed by atoms with Gasteiger partial charge in [0.1, 0.15) is 12.0 Å². The lowest BCUT2D eigenvalue weighted by molar-refractivity contribution is -0.134. The molecule has 0 aliphatic carbocycles. The van der Waals surface area contributed by atoms with Crippen molar-refractivity contribution in [3.63, 3.8) is 0 Å². The maximum atomic E-state index is 12.0. The molecular weight excluding hydrogens is 318 g/mol. The minimum Gasteiger partial charge on any atom is -0.497 e. The van der Waals surface area contributed by atoms with E-state index < -0.39 is 0 Å². The molecule has 134 valence electrons. The number of benzene rings is 1. The van der Waals surface area contributed by atoms with Gasteiger partial charge in [0.15, 0.2) is 0 Å². The summed E-state index contributed by atoms with van der Waals surface area (Å²) in [6.45, 7) is 2.58. The number of carbonyl (C=O) groups is 1. The van der Waals surface area contributed by atoms with Gasteiger partial charge < -0.3 is 14.1 Å². The van der Waals surface area contributed by atoms with Gasteiger partial charge in [-0.05, 0) is 50.2 Å². The van der Waals surface area contributed by atoms with Gasteiger partial charge in [0.25, 0.3) is 0 Å². The summed E-state index contributed by atoms with van der Waals surface area (Å²) in [7, 11) is 5.29. The fourth-order valence-electron chi connectivity index (χ4n) is 3.18. The van der Waals surface area contributed by atoms with Crippen LogP contribution in [0.15, 0.2) is 34.9 Å². The van der Waals surface area contributed by atoms with Crippen molar-refractivity contribution >= 4 is 5.91 Å². The molecule has 0 radical (unpaired) electrons. The predicted molar refractivity (Wildman–Crippen MR) is 95.2 cm³/mol. The molecule has 6 nitrogen and oxygen atoms in total. The number of hydrogen-bond donors (Lipinski definition) is 0. The molecule has 1 aliphatic rings. The van der Waals surface area contributed by atoms with Gasteiger partial charge in [-0.2, -0.15) is 0 Å². The molecule has 1 saturated heterocycles. The minimum atomic E-state index is 0.151. The minimum absolute atomic E-state index is 0.151. The predicted octanol–water partition coefficient (Wildman–Crippen LogP) is 2.65. The zero-order valence-corrected chi connectivity index (χ0v) is 15.1. The van der Waals surface area contributed by atoms with Gasteiger partial charge in [-0.25, -0.2) is 4.98 Å². The monoisotopic (exact) mass is 343 g/mol. The largest absolute Gasteiger partial charge is 0.497 e. The Morgan fingerprint density at radius 3 is 2.56 bits per heavy atom. The van der Waals surface area contributed by atoms with Crippen LogP contribution >= 0.6 is 0 Å². The molecule has 1 aromatic heterocycles. The molecule has 0 spiro atoms. The second-order valence-corrected chi connectivity index (χ2v) is 6.66. The highest BCUT2D eigenvalue weighted by molar-refractivity contribution is 5.78. The first-order valence-electron chi connectivity index (χ1n) is 8.59. The van der Waals surface area contributed by atoms with Crippen molar-refractivity contribution in [2.75, 3.05) is 34.3 Å². The van der Waals surface area contributed by atoms with Gasteiger partial charge in [0.05, 0.1) is 12.8 Å². The molecule has 0 unspecified atom stereocenters. The molecule has 1 amide bonds. The molecule has 25 heavy (non-hydrogen) atoms. The van der Waals surface area contributed by atoms with Crippen LogP contribution in [0.3, 0.4) is 0 Å². The van der Waals surface area contributed by atoms with E-state index >= 15 is 0 Å². The number of oxazole rings is 1. The fraction of sp³-hybridized carbons (Fsp3) is 0.474. The van der Waals surface area contributed by atoms with E-state index in [0.29, 0.717) is 5.89 Å². The molecule has 3 rings (SSSR count). The summed E-state index contributed by atoms with van der Waals surface area (Å²) in [5.41, 5.74) is 1.85. The molecule has 0 saturated carbocycles. The molecule has 2 aromatic rings. The van der Waals surface area contributed by atoms with Gasteiger partial charge >= 0.3 is 0 Å². The van der Waals surface area contributed by atoms with Gasteiger partial charge in [-0.1, -0.05) is 0 Å². The van der Waals surface area contributed by atoms with Crippen LogP contribution in [0, 0.1) is 5.92 Å². The van der Waals surface area contributed by atoms with Crippen molar-refractivity contribution in [3.8, 4) is 17.2 Å². The summed E-state index contributed by atoms with van der Waals surface area (Å²) in [5, 5.41) is 0. The van der Waals surface area contributed by atoms with Crippen molar-refractivity contribution in [2.45, 2.75) is 19.4 Å². The van der Waals surface area contributed by atoms with Crippen molar-refractivity contribution in [3.05, 3.63) is 36.2 Å². The normalized spacial score (nSPS) is 16.0. The maximum absolute atomic E-state index is 12.0. The van der Waals surface area contributed by atoms with Crippen molar-refractivity contribution in [2.24, 2.45) is 5.92 Å². The summed E-state index contributed by atoms with van der Waals surface area (Å²) in [5.74, 6) is 1.82. The third-order valence-electron chi connectivity index (χ3n) is 4.65. The Bertz CT molecular complexity index is 701. The van der Waals surface area contributed by atoms with Crippen molar-refractivity contribution < 1.29 is 13.9 Å². The average Bonchev–Trinajstić information content (AvgIpc) is 3.10. The number of methoxy groups -OCH3 is 1. The van der Waals surface area contributed by atoms with E-state index in [-0.39, 0.29) is 11.8 Å². The molecule has 1 aliphatic heterocycles. The van der Waals surface area contributed by atoms with Crippen LogP contribution in [0.2, 0.25) is 0 Å². The van der Waals surface area contributed by atoms with E-state index in [2.05, 4.69) is 9.88 Å². The molecule has 0 bridgehead atoms. The quantitative estimate of drug-likeness (QED) is 0.835. The zero-order valence-electron chi connectivity index (χ0n) is 15.1. The fourth-order valence-corrected chi connectivity index (χ4v) is 3.18. The van der Waals surface area contributed by atoms with Crippen LogP contribution in [0.4, 0.5) is 0 Å². The van der Waals surface area contributed by atoms with Gasteiger partial charge in [0, 0.05) is 32.1 Å². The van der Waals surface area contributed by atoms with Crippen LogP contribution in [-0.4, -0.2) is 55.0 Å². The topological polar surface area (TPSA) is 58.8 Å². The maximum Gasteiger partial charge on any atom is 0.226 e. The number of rotatable bonds is 5. The molecule has 0 N–H and O–H groups in total. The number of amides is 1. The summed E-state index contributed by atoms with van der Waals surface area (Å²) in [4.78, 5) is 20.7. The average molecular weight is 343 g/mol. The van der Waals surface area contributed by atoms with Gasteiger partial charge in [-0.3, -0.25) is 9.69 Å². The Morgan fingerprint density at radius 2 is 1.96 bits per heavy atom. The third kappa shape index (κ3) is 4.20. The molecule has 0 atom stereocenters. The van der Waals surface area contributed by atoms with Crippen molar-refractivity contribution in [1.82, 2.24) is 14.8 Å².